The number of fused-ring (bicyclic) bond motifs is 1. The zero-order valence-corrected chi connectivity index (χ0v) is 8.71. The van der Waals surface area contributed by atoms with Crippen molar-refractivity contribution in [1.29, 1.82) is 0 Å². The van der Waals surface area contributed by atoms with Gasteiger partial charge in [0.25, 0.3) is 0 Å². The molecule has 0 unspecified atom stereocenters. The first kappa shape index (κ1) is 10.4. The van der Waals surface area contributed by atoms with Crippen LogP contribution in [-0.2, 0) is 6.54 Å². The Labute approximate surface area is 91.1 Å². The van der Waals surface area contributed by atoms with Crippen LogP contribution in [0.4, 0.5) is 4.39 Å². The molecule has 0 bridgehead atoms. The van der Waals surface area contributed by atoms with Crippen LogP contribution in [0.3, 0.4) is 0 Å². The second-order valence-electron chi connectivity index (χ2n) is 3.58. The summed E-state index contributed by atoms with van der Waals surface area (Å²) in [5.41, 5.74) is 9.00. The summed E-state index contributed by atoms with van der Waals surface area (Å²) < 4.78 is 14.7. The van der Waals surface area contributed by atoms with Crippen molar-refractivity contribution in [3.05, 3.63) is 40.7 Å². The predicted molar refractivity (Wildman–Crippen MR) is 58.3 cm³/mol. The van der Waals surface area contributed by atoms with Crippen molar-refractivity contribution in [2.75, 3.05) is 0 Å². The van der Waals surface area contributed by atoms with Crippen LogP contribution in [0.1, 0.15) is 6.92 Å². The second-order valence-corrected chi connectivity index (χ2v) is 3.58. The van der Waals surface area contributed by atoms with E-state index < -0.39 is 0 Å². The molecule has 2 rings (SSSR count). The first-order chi connectivity index (χ1) is 7.70. The van der Waals surface area contributed by atoms with Crippen LogP contribution in [0.2, 0.25) is 0 Å². The summed E-state index contributed by atoms with van der Waals surface area (Å²) in [6.45, 7) is 2.23. The molecule has 5 nitrogen and oxygen atoms in total. The van der Waals surface area contributed by atoms with Crippen molar-refractivity contribution in [2.45, 2.75) is 19.5 Å². The van der Waals surface area contributed by atoms with Gasteiger partial charge in [-0.15, -0.1) is 0 Å². The molecule has 0 saturated heterocycles. The smallest absolute Gasteiger partial charge is 0.125 e. The lowest BCUT2D eigenvalue weighted by molar-refractivity contribution is 0.549. The van der Waals surface area contributed by atoms with E-state index >= 15 is 0 Å². The minimum atomic E-state index is -0.300. The van der Waals surface area contributed by atoms with Gasteiger partial charge in [-0.3, -0.25) is 4.68 Å². The quantitative estimate of drug-likeness (QED) is 0.444. The van der Waals surface area contributed by atoms with E-state index in [-0.39, 0.29) is 11.9 Å². The number of rotatable bonds is 3. The third kappa shape index (κ3) is 1.97. The van der Waals surface area contributed by atoms with Crippen molar-refractivity contribution in [3.63, 3.8) is 0 Å². The van der Waals surface area contributed by atoms with Crippen LogP contribution >= 0.6 is 0 Å². The van der Waals surface area contributed by atoms with Crippen molar-refractivity contribution in [3.8, 4) is 0 Å². The molecule has 1 aromatic heterocycles. The van der Waals surface area contributed by atoms with Gasteiger partial charge < -0.3 is 0 Å². The molecular formula is C10H10FN5. The van der Waals surface area contributed by atoms with Crippen molar-refractivity contribution in [2.24, 2.45) is 5.11 Å². The van der Waals surface area contributed by atoms with Gasteiger partial charge in [-0.25, -0.2) is 4.39 Å². The van der Waals surface area contributed by atoms with Crippen LogP contribution in [-0.4, -0.2) is 15.8 Å². The molecule has 0 aliphatic carbocycles. The Morgan fingerprint density at radius 3 is 3.19 bits per heavy atom. The molecule has 0 spiro atoms. The van der Waals surface area contributed by atoms with Gasteiger partial charge in [0.1, 0.15) is 5.82 Å². The summed E-state index contributed by atoms with van der Waals surface area (Å²) in [4.78, 5) is 2.72. The first-order valence-electron chi connectivity index (χ1n) is 4.86. The number of benzene rings is 1. The summed E-state index contributed by atoms with van der Waals surface area (Å²) in [6.07, 6.45) is 1.66. The maximum atomic E-state index is 13.1. The van der Waals surface area contributed by atoms with Crippen molar-refractivity contribution in [1.82, 2.24) is 9.78 Å². The molecule has 0 fully saturated rings. The Balaban J connectivity index is 2.37. The molecule has 2 aromatic rings. The third-order valence-electron chi connectivity index (χ3n) is 2.29. The lowest BCUT2D eigenvalue weighted by Gasteiger charge is -2.05. The minimum Gasteiger partial charge on any atom is -0.264 e. The topological polar surface area (TPSA) is 66.6 Å². The van der Waals surface area contributed by atoms with Gasteiger partial charge in [-0.1, -0.05) is 12.0 Å². The van der Waals surface area contributed by atoms with Crippen LogP contribution in [0.25, 0.3) is 21.3 Å². The maximum absolute atomic E-state index is 13.1. The van der Waals surface area contributed by atoms with Gasteiger partial charge in [0.05, 0.1) is 17.8 Å². The molecule has 82 valence electrons. The number of azide groups is 1. The van der Waals surface area contributed by atoms with E-state index in [2.05, 4.69) is 15.1 Å². The van der Waals surface area contributed by atoms with Crippen LogP contribution in [0, 0.1) is 5.82 Å². The Kier molecular flexibility index (Phi) is 2.74. The highest BCUT2D eigenvalue weighted by atomic mass is 19.1. The fourth-order valence-corrected chi connectivity index (χ4v) is 1.56. The number of hydrogen-bond donors (Lipinski definition) is 0. The summed E-state index contributed by atoms with van der Waals surface area (Å²) in [5, 5.41) is 8.55. The number of halogens is 1. The maximum Gasteiger partial charge on any atom is 0.125 e. The number of aromatic nitrogens is 2. The molecule has 0 amide bonds. The van der Waals surface area contributed by atoms with E-state index in [0.717, 1.165) is 5.39 Å². The Hall–Kier alpha value is -2.07. The van der Waals surface area contributed by atoms with Gasteiger partial charge in [0, 0.05) is 16.8 Å². The Morgan fingerprint density at radius 2 is 2.44 bits per heavy atom. The van der Waals surface area contributed by atoms with Gasteiger partial charge >= 0.3 is 0 Å². The van der Waals surface area contributed by atoms with E-state index in [1.165, 1.54) is 12.1 Å². The standard InChI is InChI=1S/C10H10FN5/c1-7(14-15-12)6-16-10-4-9(11)3-2-8(10)5-13-16/h2-5,7H,6H2,1H3/t7-/m0/s1. The summed E-state index contributed by atoms with van der Waals surface area (Å²) >= 11 is 0. The minimum absolute atomic E-state index is 0.212. The Bertz CT molecular complexity index is 555. The summed E-state index contributed by atoms with van der Waals surface area (Å²) in [5.74, 6) is -0.300. The fraction of sp³-hybridized carbons (Fsp3) is 0.300. The van der Waals surface area contributed by atoms with Gasteiger partial charge in [0.15, 0.2) is 0 Å². The normalized spacial score (nSPS) is 12.4. The lowest BCUT2D eigenvalue weighted by atomic mass is 10.2. The van der Waals surface area contributed by atoms with E-state index in [0.29, 0.717) is 12.1 Å². The largest absolute Gasteiger partial charge is 0.264 e. The summed E-state index contributed by atoms with van der Waals surface area (Å²) in [7, 11) is 0. The molecule has 0 aliphatic heterocycles. The lowest BCUT2D eigenvalue weighted by Crippen LogP contribution is -2.10. The molecule has 0 N–H and O–H groups in total. The molecule has 6 heteroatoms. The van der Waals surface area contributed by atoms with Gasteiger partial charge in [-0.2, -0.15) is 5.10 Å². The highest BCUT2D eigenvalue weighted by Crippen LogP contribution is 2.15. The third-order valence-corrected chi connectivity index (χ3v) is 2.29. The molecular weight excluding hydrogens is 209 g/mol. The molecule has 0 aliphatic rings. The average Bonchev–Trinajstić information content (AvgIpc) is 2.61. The van der Waals surface area contributed by atoms with Crippen LogP contribution in [0.5, 0.6) is 0 Å². The first-order valence-corrected chi connectivity index (χ1v) is 4.86. The molecule has 0 saturated carbocycles. The van der Waals surface area contributed by atoms with E-state index in [4.69, 9.17) is 5.53 Å². The van der Waals surface area contributed by atoms with Crippen LogP contribution < -0.4 is 0 Å². The molecule has 16 heavy (non-hydrogen) atoms. The second kappa shape index (κ2) is 4.20. The monoisotopic (exact) mass is 219 g/mol. The van der Waals surface area contributed by atoms with Crippen LogP contribution in [0.15, 0.2) is 29.5 Å². The van der Waals surface area contributed by atoms with Gasteiger partial charge in [-0.05, 0) is 23.7 Å². The molecule has 1 heterocycles. The van der Waals surface area contributed by atoms with E-state index in [1.54, 1.807) is 23.9 Å². The van der Waals surface area contributed by atoms with E-state index in [9.17, 15) is 4.39 Å². The number of hydrogen-bond acceptors (Lipinski definition) is 2. The van der Waals surface area contributed by atoms with Gasteiger partial charge in [0.2, 0.25) is 0 Å². The zero-order valence-electron chi connectivity index (χ0n) is 8.71. The zero-order chi connectivity index (χ0) is 11.5. The molecule has 1 aromatic carbocycles. The number of nitrogens with zero attached hydrogens (tertiary/aromatic N) is 5. The summed E-state index contributed by atoms with van der Waals surface area (Å²) in [6, 6.07) is 4.28. The predicted octanol–water partition coefficient (Wildman–Crippen LogP) is 2.87. The SMILES string of the molecule is C[C@@H](Cn1ncc2ccc(F)cc21)N=[N+]=[N-]. The van der Waals surface area contributed by atoms with Crippen molar-refractivity contribution >= 4 is 10.9 Å². The highest BCUT2D eigenvalue weighted by molar-refractivity contribution is 5.78. The molecule has 0 radical (unpaired) electrons. The molecule has 1 atom stereocenters. The van der Waals surface area contributed by atoms with Crippen molar-refractivity contribution < 1.29 is 4.39 Å². The fourth-order valence-electron chi connectivity index (χ4n) is 1.56. The Morgan fingerprint density at radius 1 is 1.62 bits per heavy atom. The van der Waals surface area contributed by atoms with E-state index in [1.807, 2.05) is 0 Å². The highest BCUT2D eigenvalue weighted by Gasteiger charge is 2.06. The average molecular weight is 219 g/mol.